The summed E-state index contributed by atoms with van der Waals surface area (Å²) in [5.74, 6) is -2.00. The highest BCUT2D eigenvalue weighted by atomic mass is 35.5. The number of rotatable bonds is 5. The van der Waals surface area contributed by atoms with Crippen molar-refractivity contribution < 1.29 is 33.6 Å². The van der Waals surface area contributed by atoms with Gasteiger partial charge in [-0.05, 0) is 41.7 Å². The zero-order valence-electron chi connectivity index (χ0n) is 26.1. The molecule has 5 rings (SSSR count). The van der Waals surface area contributed by atoms with Crippen LogP contribution in [0.25, 0.3) is 0 Å². The first-order chi connectivity index (χ1) is 21.8. The van der Waals surface area contributed by atoms with Crippen molar-refractivity contribution in [1.29, 1.82) is 0 Å². The van der Waals surface area contributed by atoms with Gasteiger partial charge in [-0.3, -0.25) is 14.5 Å². The predicted molar refractivity (Wildman–Crippen MR) is 174 cm³/mol. The van der Waals surface area contributed by atoms with Crippen molar-refractivity contribution in [2.45, 2.75) is 108 Å². The fourth-order valence-electron chi connectivity index (χ4n) is 6.58. The van der Waals surface area contributed by atoms with Gasteiger partial charge in [0.2, 0.25) is 11.8 Å². The van der Waals surface area contributed by atoms with Gasteiger partial charge in [-0.2, -0.15) is 0 Å². The number of nitrogens with one attached hydrogen (secondary N) is 2. The fraction of sp³-hybridized carbons (Fsp3) is 0.545. The average Bonchev–Trinajstić information content (AvgIpc) is 3.66. The zero-order chi connectivity index (χ0) is 31.8. The van der Waals surface area contributed by atoms with Gasteiger partial charge >= 0.3 is 13.2 Å². The number of fused-ring (bicyclic) bond motifs is 2. The summed E-state index contributed by atoms with van der Waals surface area (Å²) in [6.07, 6.45) is 6.39. The first kappa shape index (κ1) is 35.7. The molecule has 0 aliphatic carbocycles. The molecule has 4 N–H and O–H groups in total. The molecule has 46 heavy (non-hydrogen) atoms. The van der Waals surface area contributed by atoms with E-state index in [4.69, 9.17) is 4.74 Å². The number of nitrogens with zero attached hydrogens (tertiary/aromatic N) is 2. The molecule has 1 unspecified atom stereocenters. The second-order valence-electron chi connectivity index (χ2n) is 12.5. The molecule has 3 aliphatic heterocycles. The van der Waals surface area contributed by atoms with E-state index < -0.39 is 43.2 Å². The molecule has 2 aromatic carbocycles. The normalized spacial score (nSPS) is 24.4. The molecule has 3 heterocycles. The molecule has 0 bridgehead atoms. The number of hydrogen-bond acceptors (Lipinski definition) is 7. The molecular formula is C33H45BClFN4O6. The monoisotopic (exact) mass is 658 g/mol. The fourth-order valence-corrected chi connectivity index (χ4v) is 6.58. The van der Waals surface area contributed by atoms with Gasteiger partial charge in [0, 0.05) is 26.1 Å². The van der Waals surface area contributed by atoms with Crippen LogP contribution in [-0.4, -0.2) is 75.5 Å². The predicted octanol–water partition coefficient (Wildman–Crippen LogP) is 3.85. The third-order valence-electron chi connectivity index (χ3n) is 9.17. The number of carbonyl (C=O) groups is 3. The first-order valence-electron chi connectivity index (χ1n) is 16.3. The van der Waals surface area contributed by atoms with Gasteiger partial charge in [0.25, 0.3) is 0 Å². The van der Waals surface area contributed by atoms with Crippen molar-refractivity contribution in [3.05, 3.63) is 71.0 Å². The van der Waals surface area contributed by atoms with Crippen LogP contribution in [0.15, 0.2) is 48.5 Å². The Morgan fingerprint density at radius 2 is 1.54 bits per heavy atom. The number of halogens is 2. The van der Waals surface area contributed by atoms with E-state index in [1.54, 1.807) is 17.0 Å². The third-order valence-corrected chi connectivity index (χ3v) is 9.17. The van der Waals surface area contributed by atoms with Crippen LogP contribution in [0.1, 0.15) is 80.9 Å². The third kappa shape index (κ3) is 9.43. The molecule has 4 atom stereocenters. The molecule has 2 saturated heterocycles. The molecule has 3 amide bonds. The van der Waals surface area contributed by atoms with E-state index in [9.17, 15) is 28.8 Å². The van der Waals surface area contributed by atoms with Gasteiger partial charge < -0.3 is 30.3 Å². The summed E-state index contributed by atoms with van der Waals surface area (Å²) < 4.78 is 19.4. The second-order valence-corrected chi connectivity index (χ2v) is 12.5. The first-order valence-corrected chi connectivity index (χ1v) is 16.3. The maximum Gasteiger partial charge on any atom is 0.475 e. The van der Waals surface area contributed by atoms with Crippen LogP contribution < -0.4 is 10.6 Å². The Morgan fingerprint density at radius 1 is 0.935 bits per heavy atom. The van der Waals surface area contributed by atoms with Crippen molar-refractivity contribution in [3.63, 3.8) is 0 Å². The van der Waals surface area contributed by atoms with Crippen LogP contribution in [0.5, 0.6) is 0 Å². The van der Waals surface area contributed by atoms with E-state index in [0.29, 0.717) is 32.5 Å². The van der Waals surface area contributed by atoms with Gasteiger partial charge in [-0.15, -0.1) is 12.4 Å². The number of benzene rings is 2. The van der Waals surface area contributed by atoms with Gasteiger partial charge in [-0.25, -0.2) is 9.18 Å². The molecule has 3 aliphatic rings. The molecule has 0 spiro atoms. The molecular weight excluding hydrogens is 614 g/mol. The summed E-state index contributed by atoms with van der Waals surface area (Å²) in [6.45, 7) is 1.25. The van der Waals surface area contributed by atoms with Crippen molar-refractivity contribution >= 4 is 37.4 Å². The van der Waals surface area contributed by atoms with Crippen molar-refractivity contribution in [2.24, 2.45) is 0 Å². The van der Waals surface area contributed by atoms with E-state index in [2.05, 4.69) is 10.6 Å². The molecule has 0 radical (unpaired) electrons. The van der Waals surface area contributed by atoms with E-state index in [1.807, 2.05) is 24.3 Å². The highest BCUT2D eigenvalue weighted by molar-refractivity contribution is 6.43. The molecule has 0 saturated carbocycles. The van der Waals surface area contributed by atoms with Crippen molar-refractivity contribution in [2.75, 3.05) is 6.54 Å². The Balaban J connectivity index is 0.00000480. The quantitative estimate of drug-likeness (QED) is 0.359. The summed E-state index contributed by atoms with van der Waals surface area (Å²) in [7, 11) is -1.74. The molecule has 2 fully saturated rings. The summed E-state index contributed by atoms with van der Waals surface area (Å²) in [6, 6.07) is 12.3. The summed E-state index contributed by atoms with van der Waals surface area (Å²) >= 11 is 0. The van der Waals surface area contributed by atoms with Crippen LogP contribution in [-0.2, 0) is 34.0 Å². The van der Waals surface area contributed by atoms with Crippen LogP contribution >= 0.6 is 12.4 Å². The van der Waals surface area contributed by atoms with Gasteiger partial charge in [0.15, 0.2) is 0 Å². The summed E-state index contributed by atoms with van der Waals surface area (Å²) in [5, 5.41) is 26.2. The Bertz CT molecular complexity index is 1300. The standard InChI is InChI=1S/C33H44BFN4O6.ClH/c35-26-16-14-23(15-17-26)19-36-28-12-6-4-2-1-3-5-7-13-30(34(43)44)37-31(40)29-18-27(22-39(29)32(28)41)45-33(42)38-20-24-10-8-9-11-25(24)21-38;/h8-11,14-17,27-30,36,43-44H,1-7,12-13,18-22H2,(H,37,40);1H/t27-,28?,29+,30-;/m1./s1. The lowest BCUT2D eigenvalue weighted by Gasteiger charge is -2.30. The Morgan fingerprint density at radius 3 is 2.17 bits per heavy atom. The minimum absolute atomic E-state index is 0. The van der Waals surface area contributed by atoms with E-state index in [1.165, 1.54) is 17.0 Å². The average molecular weight is 659 g/mol. The van der Waals surface area contributed by atoms with Crippen LogP contribution in [0.3, 0.4) is 0 Å². The minimum atomic E-state index is -1.74. The van der Waals surface area contributed by atoms with Crippen molar-refractivity contribution in [3.8, 4) is 0 Å². The smallest absolute Gasteiger partial charge is 0.444 e. The largest absolute Gasteiger partial charge is 0.475 e. The number of carbonyl (C=O) groups excluding carboxylic acids is 3. The minimum Gasteiger partial charge on any atom is -0.444 e. The SMILES string of the molecule is Cl.O=C1N[C@@H](B(O)O)CCCCCCCCCC(NCc2ccc(F)cc2)C(=O)N2C[C@H](OC(=O)N3Cc4ccccc4C3)C[C@@H]12. The molecule has 2 aromatic rings. The lowest BCUT2D eigenvalue weighted by molar-refractivity contribution is -0.140. The molecule has 13 heteroatoms. The summed E-state index contributed by atoms with van der Waals surface area (Å²) in [5.41, 5.74) is 2.94. The maximum absolute atomic E-state index is 14.2. The Hall–Kier alpha value is -3.19. The van der Waals surface area contributed by atoms with Crippen molar-refractivity contribution in [1.82, 2.24) is 20.4 Å². The zero-order valence-corrected chi connectivity index (χ0v) is 26.9. The molecule has 10 nitrogen and oxygen atoms in total. The van der Waals surface area contributed by atoms with E-state index >= 15 is 0 Å². The molecule has 250 valence electrons. The number of hydrogen-bond donors (Lipinski definition) is 4. The van der Waals surface area contributed by atoms with Gasteiger partial charge in [0.1, 0.15) is 18.0 Å². The highest BCUT2D eigenvalue weighted by Crippen LogP contribution is 2.27. The van der Waals surface area contributed by atoms with Crippen LogP contribution in [0.2, 0.25) is 0 Å². The number of amides is 3. The topological polar surface area (TPSA) is 131 Å². The van der Waals surface area contributed by atoms with E-state index in [-0.39, 0.29) is 37.1 Å². The van der Waals surface area contributed by atoms with Crippen LogP contribution in [0, 0.1) is 5.82 Å². The Kier molecular flexibility index (Phi) is 13.3. The maximum atomic E-state index is 14.2. The number of ether oxygens (including phenoxy) is 1. The lowest BCUT2D eigenvalue weighted by atomic mass is 9.76. The van der Waals surface area contributed by atoms with Crippen LogP contribution in [0.4, 0.5) is 9.18 Å². The summed E-state index contributed by atoms with van der Waals surface area (Å²) in [4.78, 5) is 44.1. The molecule has 0 aromatic heterocycles. The van der Waals surface area contributed by atoms with Gasteiger partial charge in [0.05, 0.1) is 18.5 Å². The lowest BCUT2D eigenvalue weighted by Crippen LogP contribution is -2.56. The van der Waals surface area contributed by atoms with Gasteiger partial charge in [-0.1, -0.05) is 81.3 Å². The van der Waals surface area contributed by atoms with E-state index in [0.717, 1.165) is 61.6 Å². The Labute approximate surface area is 276 Å². The second kappa shape index (κ2) is 17.1. The highest BCUT2D eigenvalue weighted by Gasteiger charge is 2.44.